The highest BCUT2D eigenvalue weighted by atomic mass is 32.1. The zero-order valence-electron chi connectivity index (χ0n) is 15.3. The summed E-state index contributed by atoms with van der Waals surface area (Å²) in [6, 6.07) is 9.10. The van der Waals surface area contributed by atoms with Crippen LogP contribution >= 0.6 is 11.3 Å². The number of fused-ring (bicyclic) bond motifs is 1. The first-order chi connectivity index (χ1) is 13.4. The number of carbonyl (C=O) groups is 2. The van der Waals surface area contributed by atoms with Gasteiger partial charge in [0.15, 0.2) is 0 Å². The molecule has 0 saturated heterocycles. The van der Waals surface area contributed by atoms with Gasteiger partial charge in [-0.1, -0.05) is 12.1 Å². The van der Waals surface area contributed by atoms with E-state index in [1.165, 1.54) is 17.5 Å². The first-order valence-electron chi connectivity index (χ1n) is 8.65. The summed E-state index contributed by atoms with van der Waals surface area (Å²) in [5.74, 6) is -1.08. The molecule has 142 valence electrons. The molecule has 1 aromatic carbocycles. The third-order valence-electron chi connectivity index (χ3n) is 4.71. The highest BCUT2D eigenvalue weighted by Crippen LogP contribution is 2.34. The molecule has 0 bridgehead atoms. The molecule has 1 aliphatic heterocycles. The number of aliphatic carboxylic acids is 1. The molecule has 3 N–H and O–H groups in total. The van der Waals surface area contributed by atoms with E-state index < -0.39 is 5.97 Å². The van der Waals surface area contributed by atoms with Crippen molar-refractivity contribution in [3.05, 3.63) is 75.2 Å². The number of thiophene rings is 1. The molecule has 0 unspecified atom stereocenters. The van der Waals surface area contributed by atoms with E-state index in [0.29, 0.717) is 11.5 Å². The number of anilines is 2. The zero-order chi connectivity index (χ0) is 19.8. The van der Waals surface area contributed by atoms with Crippen LogP contribution in [0.4, 0.5) is 11.5 Å². The molecule has 3 aromatic rings. The minimum atomic E-state index is -1.09. The fraction of sp³-hybridized carbons (Fsp3) is 0.150. The molecule has 7 nitrogen and oxygen atoms in total. The highest BCUT2D eigenvalue weighted by molar-refractivity contribution is 7.10. The number of rotatable bonds is 4. The van der Waals surface area contributed by atoms with Crippen LogP contribution in [-0.4, -0.2) is 26.8 Å². The Hall–Kier alpha value is -3.39. The van der Waals surface area contributed by atoms with Gasteiger partial charge in [0.1, 0.15) is 23.1 Å². The summed E-state index contributed by atoms with van der Waals surface area (Å²) < 4.78 is 1.63. The van der Waals surface area contributed by atoms with Crippen molar-refractivity contribution in [2.24, 2.45) is 0 Å². The summed E-state index contributed by atoms with van der Waals surface area (Å²) in [4.78, 5) is 25.4. The quantitative estimate of drug-likeness (QED) is 0.626. The number of hydrogen-bond donors (Lipinski definition) is 3. The number of aromatic nitrogens is 2. The molecule has 28 heavy (non-hydrogen) atoms. The highest BCUT2D eigenvalue weighted by Gasteiger charge is 2.29. The van der Waals surface area contributed by atoms with Gasteiger partial charge in [0.25, 0.3) is 5.91 Å². The van der Waals surface area contributed by atoms with E-state index in [1.807, 2.05) is 49.6 Å². The molecule has 3 heterocycles. The number of nitrogens with zero attached hydrogens (tertiary/aromatic N) is 2. The van der Waals surface area contributed by atoms with Gasteiger partial charge in [0.05, 0.1) is 6.20 Å². The van der Waals surface area contributed by atoms with Gasteiger partial charge in [-0.25, -0.2) is 9.48 Å². The second-order valence-electron chi connectivity index (χ2n) is 6.58. The van der Waals surface area contributed by atoms with Gasteiger partial charge in [-0.3, -0.25) is 4.79 Å². The maximum atomic E-state index is 12.8. The van der Waals surface area contributed by atoms with Crippen LogP contribution < -0.4 is 10.6 Å². The normalized spacial score (nSPS) is 15.4. The van der Waals surface area contributed by atoms with Crippen LogP contribution in [-0.2, 0) is 4.79 Å². The van der Waals surface area contributed by atoms with Gasteiger partial charge in [0, 0.05) is 10.6 Å². The average Bonchev–Trinajstić information content (AvgIpc) is 3.33. The van der Waals surface area contributed by atoms with E-state index in [4.69, 9.17) is 0 Å². The number of aryl methyl sites for hydroxylation is 2. The van der Waals surface area contributed by atoms with E-state index in [2.05, 4.69) is 15.7 Å². The summed E-state index contributed by atoms with van der Waals surface area (Å²) in [6.07, 6.45) is 3.05. The minimum absolute atomic E-state index is 0.0200. The molecule has 8 heteroatoms. The van der Waals surface area contributed by atoms with Crippen molar-refractivity contribution < 1.29 is 14.7 Å². The fourth-order valence-corrected chi connectivity index (χ4v) is 3.84. The van der Waals surface area contributed by atoms with Crippen LogP contribution in [0.5, 0.6) is 0 Å². The monoisotopic (exact) mass is 394 g/mol. The van der Waals surface area contributed by atoms with Crippen LogP contribution in [0.1, 0.15) is 32.4 Å². The maximum Gasteiger partial charge on any atom is 0.352 e. The van der Waals surface area contributed by atoms with E-state index in [1.54, 1.807) is 10.8 Å². The van der Waals surface area contributed by atoms with Crippen LogP contribution in [0.15, 0.2) is 53.7 Å². The van der Waals surface area contributed by atoms with Crippen LogP contribution in [0.2, 0.25) is 0 Å². The van der Waals surface area contributed by atoms with Crippen molar-refractivity contribution in [1.29, 1.82) is 0 Å². The molecule has 0 aliphatic carbocycles. The lowest BCUT2D eigenvalue weighted by molar-refractivity contribution is -0.132. The van der Waals surface area contributed by atoms with E-state index >= 15 is 0 Å². The van der Waals surface area contributed by atoms with Crippen LogP contribution in [0.3, 0.4) is 0 Å². The summed E-state index contributed by atoms with van der Waals surface area (Å²) in [7, 11) is 0. The Labute approximate surface area is 165 Å². The lowest BCUT2D eigenvalue weighted by atomic mass is 10.1. The summed E-state index contributed by atoms with van der Waals surface area (Å²) in [5.41, 5.74) is 3.19. The van der Waals surface area contributed by atoms with Crippen molar-refractivity contribution >= 4 is 34.7 Å². The van der Waals surface area contributed by atoms with Crippen LogP contribution in [0, 0.1) is 13.8 Å². The van der Waals surface area contributed by atoms with Crippen molar-refractivity contribution in [2.75, 3.05) is 10.6 Å². The Morgan fingerprint density at radius 1 is 1.25 bits per heavy atom. The van der Waals surface area contributed by atoms with Gasteiger partial charge in [0.2, 0.25) is 0 Å². The second kappa shape index (κ2) is 6.97. The SMILES string of the molecule is Cc1ccc(NC(=O)c2cnn3c2NC(C(=O)O)=C[C@@H]3c2cccs2)cc1C. The minimum Gasteiger partial charge on any atom is -0.477 e. The number of carboxylic acid groups (broad SMARTS) is 1. The summed E-state index contributed by atoms with van der Waals surface area (Å²) in [5, 5.41) is 21.4. The first-order valence-corrected chi connectivity index (χ1v) is 9.53. The topological polar surface area (TPSA) is 96.3 Å². The number of benzene rings is 1. The Morgan fingerprint density at radius 2 is 2.07 bits per heavy atom. The lowest BCUT2D eigenvalue weighted by Gasteiger charge is -2.23. The molecule has 2 aromatic heterocycles. The van der Waals surface area contributed by atoms with Gasteiger partial charge < -0.3 is 15.7 Å². The predicted molar refractivity (Wildman–Crippen MR) is 108 cm³/mol. The van der Waals surface area contributed by atoms with Gasteiger partial charge in [-0.15, -0.1) is 11.3 Å². The molecule has 1 atom stereocenters. The average molecular weight is 394 g/mol. The molecule has 0 radical (unpaired) electrons. The van der Waals surface area contributed by atoms with Gasteiger partial charge in [-0.2, -0.15) is 5.10 Å². The Kier molecular flexibility index (Phi) is 4.48. The number of hydrogen-bond acceptors (Lipinski definition) is 5. The lowest BCUT2D eigenvalue weighted by Crippen LogP contribution is -2.25. The number of amides is 1. The van der Waals surface area contributed by atoms with Crippen molar-refractivity contribution in [2.45, 2.75) is 19.9 Å². The predicted octanol–water partition coefficient (Wildman–Crippen LogP) is 3.80. The third-order valence-corrected chi connectivity index (χ3v) is 5.65. The zero-order valence-corrected chi connectivity index (χ0v) is 16.1. The van der Waals surface area contributed by atoms with Crippen molar-refractivity contribution in [3.8, 4) is 0 Å². The van der Waals surface area contributed by atoms with Gasteiger partial charge >= 0.3 is 5.97 Å². The molecule has 1 amide bonds. The fourth-order valence-electron chi connectivity index (χ4n) is 3.07. The largest absolute Gasteiger partial charge is 0.477 e. The Morgan fingerprint density at radius 3 is 2.75 bits per heavy atom. The molecule has 1 aliphatic rings. The summed E-state index contributed by atoms with van der Waals surface area (Å²) in [6.45, 7) is 3.98. The smallest absolute Gasteiger partial charge is 0.352 e. The van der Waals surface area contributed by atoms with E-state index in [0.717, 1.165) is 16.0 Å². The van der Waals surface area contributed by atoms with E-state index in [9.17, 15) is 14.7 Å². The number of carbonyl (C=O) groups excluding carboxylic acids is 1. The molecular formula is C20H18N4O3S. The van der Waals surface area contributed by atoms with Gasteiger partial charge in [-0.05, 0) is 54.6 Å². The third kappa shape index (κ3) is 3.18. The Bertz CT molecular complexity index is 1100. The molecule has 4 rings (SSSR count). The molecule has 0 saturated carbocycles. The number of nitrogens with one attached hydrogen (secondary N) is 2. The van der Waals surface area contributed by atoms with Crippen LogP contribution in [0.25, 0.3) is 0 Å². The summed E-state index contributed by atoms with van der Waals surface area (Å²) >= 11 is 1.50. The van der Waals surface area contributed by atoms with E-state index in [-0.39, 0.29) is 23.2 Å². The Balaban J connectivity index is 1.69. The molecular weight excluding hydrogens is 376 g/mol. The second-order valence-corrected chi connectivity index (χ2v) is 7.55. The van der Waals surface area contributed by atoms with Crippen molar-refractivity contribution in [1.82, 2.24) is 9.78 Å². The van der Waals surface area contributed by atoms with Crippen molar-refractivity contribution in [3.63, 3.8) is 0 Å². The maximum absolute atomic E-state index is 12.8. The first kappa shape index (κ1) is 18.0. The number of allylic oxidation sites excluding steroid dienone is 1. The molecule has 0 spiro atoms. The standard InChI is InChI=1S/C20H18N4O3S/c1-11-5-6-13(8-12(11)2)22-19(25)14-10-21-24-16(17-4-3-7-28-17)9-15(20(26)27)23-18(14)24/h3-10,16,23H,1-2H3,(H,22,25)(H,26,27)/t16-/m1/s1. The molecule has 0 fully saturated rings. The number of carboxylic acids is 1.